The minimum atomic E-state index is -1.44. The molecule has 0 aliphatic carbocycles. The van der Waals surface area contributed by atoms with Crippen molar-refractivity contribution in [1.29, 1.82) is 0 Å². The fourth-order valence-electron chi connectivity index (χ4n) is 10.3. The monoisotopic (exact) mass is 986 g/mol. The minimum absolute atomic E-state index is 0.0273. The standard InChI is InChI=1S/C31H26N2O5S.C24H20N2O5S/c1-32-16-24(26-21-12-6-5-11-20(21)18-39-25-14-8-7-13-22(25)26)33-15-23(31(36)37)28(34)29(27(33)30(32)35)38-17-19-9-3-2-4-10-19;1-25-11-17(26-10-16(24(30)31)21(27)22(28)20(26)23(25)29)19-14-7-3-2-6-13(14)12-32-18-9-5-4-8-15(18)19/h2-15,24,26H,16-18H2,1H3,(H,36,37);2-10,17,19,28H,11-12H2,1H3,(H,30,31)/t24-,26?;17-,19?/m11/s1. The van der Waals surface area contributed by atoms with Gasteiger partial charge in [0.2, 0.25) is 10.9 Å². The quantitative estimate of drug-likeness (QED) is 0.138. The number of carboxylic acids is 2. The molecule has 3 N–H and O–H groups in total. The number of carboxylic acid groups (broad SMARTS) is 2. The van der Waals surface area contributed by atoms with Gasteiger partial charge in [-0.2, -0.15) is 0 Å². The number of aromatic hydroxyl groups is 1. The molecule has 0 saturated heterocycles. The van der Waals surface area contributed by atoms with Gasteiger partial charge in [-0.15, -0.1) is 23.5 Å². The number of nitrogens with zero attached hydrogens (tertiary/aromatic N) is 4. The Morgan fingerprint density at radius 1 is 0.563 bits per heavy atom. The summed E-state index contributed by atoms with van der Waals surface area (Å²) < 4.78 is 9.16. The van der Waals surface area contributed by atoms with Crippen molar-refractivity contribution in [1.82, 2.24) is 18.9 Å². The molecular formula is C55H46N4O10S2. The minimum Gasteiger partial charge on any atom is -0.503 e. The summed E-state index contributed by atoms with van der Waals surface area (Å²) in [5, 5.41) is 30.1. The second-order valence-corrected chi connectivity index (χ2v) is 19.9. The van der Waals surface area contributed by atoms with Gasteiger partial charge in [-0.1, -0.05) is 115 Å². The van der Waals surface area contributed by atoms with Gasteiger partial charge in [-0.25, -0.2) is 9.59 Å². The molecule has 0 saturated carbocycles. The number of aromatic nitrogens is 2. The van der Waals surface area contributed by atoms with Gasteiger partial charge in [0.1, 0.15) is 17.7 Å². The molecule has 5 aromatic carbocycles. The van der Waals surface area contributed by atoms with Crippen molar-refractivity contribution in [3.8, 4) is 11.5 Å². The molecule has 358 valence electrons. The molecule has 2 aromatic heterocycles. The van der Waals surface area contributed by atoms with Crippen molar-refractivity contribution in [2.24, 2.45) is 0 Å². The second-order valence-electron chi connectivity index (χ2n) is 17.8. The summed E-state index contributed by atoms with van der Waals surface area (Å²) in [6.45, 7) is 0.661. The number of ether oxygens (including phenoxy) is 1. The average molecular weight is 987 g/mol. The van der Waals surface area contributed by atoms with E-state index in [1.54, 1.807) is 47.1 Å². The molecule has 4 aliphatic rings. The van der Waals surface area contributed by atoms with Crippen LogP contribution in [0.1, 0.15) is 105 Å². The number of carbonyl (C=O) groups is 4. The summed E-state index contributed by atoms with van der Waals surface area (Å²) in [6, 6.07) is 41.1. The van der Waals surface area contributed by atoms with Crippen molar-refractivity contribution >= 4 is 47.3 Å². The number of likely N-dealkylation sites (N-methyl/N-ethyl adjacent to an activating group) is 2. The van der Waals surface area contributed by atoms with Gasteiger partial charge < -0.3 is 39.0 Å². The lowest BCUT2D eigenvalue weighted by Gasteiger charge is -2.39. The number of rotatable bonds is 7. The van der Waals surface area contributed by atoms with Crippen LogP contribution >= 0.6 is 23.5 Å². The average Bonchev–Trinajstić information content (AvgIpc) is 3.65. The zero-order chi connectivity index (χ0) is 49.7. The number of pyridine rings is 2. The van der Waals surface area contributed by atoms with E-state index in [0.29, 0.717) is 13.1 Å². The van der Waals surface area contributed by atoms with E-state index in [4.69, 9.17) is 4.74 Å². The molecule has 71 heavy (non-hydrogen) atoms. The summed E-state index contributed by atoms with van der Waals surface area (Å²) in [5.41, 5.74) is 4.58. The lowest BCUT2D eigenvalue weighted by Crippen LogP contribution is -2.45. The highest BCUT2D eigenvalue weighted by Crippen LogP contribution is 2.49. The lowest BCUT2D eigenvalue weighted by atomic mass is 9.81. The van der Waals surface area contributed by atoms with Crippen LogP contribution in [0.15, 0.2) is 159 Å². The maximum Gasteiger partial charge on any atom is 0.341 e. The van der Waals surface area contributed by atoms with Gasteiger partial charge >= 0.3 is 11.9 Å². The third-order valence-electron chi connectivity index (χ3n) is 13.6. The van der Waals surface area contributed by atoms with Gasteiger partial charge in [0.15, 0.2) is 22.9 Å². The van der Waals surface area contributed by atoms with Crippen LogP contribution in [0.2, 0.25) is 0 Å². The number of hydrogen-bond acceptors (Lipinski definition) is 10. The first-order valence-corrected chi connectivity index (χ1v) is 24.8. The Kier molecular flexibility index (Phi) is 12.7. The molecule has 4 atom stereocenters. The van der Waals surface area contributed by atoms with Crippen LogP contribution in [-0.4, -0.2) is 85.2 Å². The SMILES string of the molecule is CN1C[C@H](C2c3ccccc3CSc3ccccc32)n2cc(C(=O)O)c(=O)c(O)c2C1=O.CN1C[C@H](C2c3ccccc3CSc3ccccc32)n2cc(C(=O)O)c(=O)c(OCc3ccccc3)c2C1=O. The fourth-order valence-corrected chi connectivity index (χ4v) is 12.5. The van der Waals surface area contributed by atoms with E-state index >= 15 is 0 Å². The topological polar surface area (TPSA) is 189 Å². The normalized spacial score (nSPS) is 18.7. The first-order chi connectivity index (χ1) is 34.3. The third kappa shape index (κ3) is 8.46. The van der Waals surface area contributed by atoms with Crippen LogP contribution in [0, 0.1) is 0 Å². The maximum atomic E-state index is 13.6. The van der Waals surface area contributed by atoms with Gasteiger partial charge in [-0.3, -0.25) is 19.2 Å². The second kappa shape index (κ2) is 19.2. The molecular weight excluding hydrogens is 941 g/mol. The number of amides is 2. The van der Waals surface area contributed by atoms with E-state index in [1.165, 1.54) is 27.4 Å². The number of aromatic carboxylic acids is 2. The van der Waals surface area contributed by atoms with E-state index in [9.17, 15) is 44.1 Å². The fraction of sp³-hybridized carbons (Fsp3) is 0.200. The molecule has 7 aromatic rings. The number of benzene rings is 5. The Balaban J connectivity index is 0.000000167. The van der Waals surface area contributed by atoms with Crippen LogP contribution in [0.4, 0.5) is 0 Å². The summed E-state index contributed by atoms with van der Waals surface area (Å²) in [4.78, 5) is 81.6. The summed E-state index contributed by atoms with van der Waals surface area (Å²) >= 11 is 3.50. The smallest absolute Gasteiger partial charge is 0.341 e. The van der Waals surface area contributed by atoms with E-state index in [2.05, 4.69) is 42.5 Å². The molecule has 14 nitrogen and oxygen atoms in total. The molecule has 11 rings (SSSR count). The molecule has 4 aliphatic heterocycles. The van der Waals surface area contributed by atoms with Gasteiger partial charge in [-0.05, 0) is 51.1 Å². The summed E-state index contributed by atoms with van der Waals surface area (Å²) in [6.07, 6.45) is 2.53. The van der Waals surface area contributed by atoms with E-state index in [1.807, 2.05) is 84.9 Å². The van der Waals surface area contributed by atoms with Crippen molar-refractivity contribution in [2.45, 2.75) is 51.8 Å². The zero-order valence-corrected chi connectivity index (χ0v) is 40.1. The zero-order valence-electron chi connectivity index (χ0n) is 38.4. The Labute approximate surface area is 415 Å². The highest BCUT2D eigenvalue weighted by atomic mass is 32.2. The molecule has 16 heteroatoms. The number of hydrogen-bond donors (Lipinski definition) is 3. The van der Waals surface area contributed by atoms with Crippen LogP contribution in [0.3, 0.4) is 0 Å². The molecule has 2 amide bonds. The van der Waals surface area contributed by atoms with Crippen molar-refractivity contribution < 1.29 is 39.2 Å². The molecule has 6 heterocycles. The van der Waals surface area contributed by atoms with Crippen molar-refractivity contribution in [2.75, 3.05) is 27.2 Å². The highest BCUT2D eigenvalue weighted by molar-refractivity contribution is 7.98. The maximum absolute atomic E-state index is 13.6. The number of fused-ring (bicyclic) bond motifs is 6. The summed E-state index contributed by atoms with van der Waals surface area (Å²) in [7, 11) is 3.33. The predicted octanol–water partition coefficient (Wildman–Crippen LogP) is 8.51. The largest absolute Gasteiger partial charge is 0.503 e. The van der Waals surface area contributed by atoms with E-state index < -0.39 is 51.6 Å². The first-order valence-electron chi connectivity index (χ1n) is 22.8. The van der Waals surface area contributed by atoms with Crippen molar-refractivity contribution in [3.63, 3.8) is 0 Å². The Hall–Kier alpha value is -7.82. The predicted molar refractivity (Wildman–Crippen MR) is 268 cm³/mol. The number of carbonyl (C=O) groups excluding carboxylic acids is 2. The molecule has 0 radical (unpaired) electrons. The van der Waals surface area contributed by atoms with Gasteiger partial charge in [0, 0.05) is 72.7 Å². The van der Waals surface area contributed by atoms with Gasteiger partial charge in [0.25, 0.3) is 11.8 Å². The van der Waals surface area contributed by atoms with E-state index in [-0.39, 0.29) is 47.5 Å². The van der Waals surface area contributed by atoms with Gasteiger partial charge in [0.05, 0.1) is 12.1 Å². The lowest BCUT2D eigenvalue weighted by molar-refractivity contribution is 0.0667. The molecule has 0 bridgehead atoms. The first kappa shape index (κ1) is 46.9. The van der Waals surface area contributed by atoms with E-state index in [0.717, 1.165) is 54.7 Å². The highest BCUT2D eigenvalue weighted by Gasteiger charge is 2.43. The molecule has 0 spiro atoms. The van der Waals surface area contributed by atoms with Crippen molar-refractivity contribution in [3.05, 3.63) is 222 Å². The number of thioether (sulfide) groups is 2. The van der Waals surface area contributed by atoms with Crippen LogP contribution in [-0.2, 0) is 18.1 Å². The van der Waals surface area contributed by atoms with Crippen LogP contribution in [0.25, 0.3) is 0 Å². The van der Waals surface area contributed by atoms with Crippen LogP contribution in [0.5, 0.6) is 11.5 Å². The Morgan fingerprint density at radius 3 is 1.49 bits per heavy atom. The Morgan fingerprint density at radius 2 is 0.986 bits per heavy atom. The summed E-state index contributed by atoms with van der Waals surface area (Å²) in [5.74, 6) is -3.57. The molecule has 0 fully saturated rings. The third-order valence-corrected chi connectivity index (χ3v) is 15.9. The van der Waals surface area contributed by atoms with Crippen LogP contribution < -0.4 is 15.6 Å². The molecule has 2 unspecified atom stereocenters. The Bertz CT molecular complexity index is 3330.